The van der Waals surface area contributed by atoms with Crippen LogP contribution in [0.15, 0.2) is 42.5 Å². The fourth-order valence-electron chi connectivity index (χ4n) is 2.95. The molecule has 1 aliphatic heterocycles. The summed E-state index contributed by atoms with van der Waals surface area (Å²) in [5.41, 5.74) is 7.19. The van der Waals surface area contributed by atoms with E-state index < -0.39 is 5.91 Å². The minimum Gasteiger partial charge on any atom is -0.507 e. The molecule has 0 spiro atoms. The highest BCUT2D eigenvalue weighted by molar-refractivity contribution is 6.33. The predicted octanol–water partition coefficient (Wildman–Crippen LogP) is 2.26. The second-order valence-electron chi connectivity index (χ2n) is 6.31. The SMILES string of the molecule is Nc1cc(O)c(C(=O)NCC2CN(Cc3ccccc3)CCO2)cc1Cl. The van der Waals surface area contributed by atoms with Crippen LogP contribution in [0.2, 0.25) is 5.02 Å². The van der Waals surface area contributed by atoms with Gasteiger partial charge in [-0.3, -0.25) is 9.69 Å². The van der Waals surface area contributed by atoms with Crippen molar-refractivity contribution < 1.29 is 14.6 Å². The van der Waals surface area contributed by atoms with Crippen LogP contribution >= 0.6 is 11.6 Å². The molecule has 6 nitrogen and oxygen atoms in total. The van der Waals surface area contributed by atoms with Gasteiger partial charge in [-0.1, -0.05) is 41.9 Å². The first-order chi connectivity index (χ1) is 12.5. The number of aromatic hydroxyl groups is 1. The molecule has 0 bridgehead atoms. The zero-order chi connectivity index (χ0) is 18.5. The number of nitrogens with two attached hydrogens (primary N) is 1. The van der Waals surface area contributed by atoms with Gasteiger partial charge < -0.3 is 20.9 Å². The third kappa shape index (κ3) is 4.66. The van der Waals surface area contributed by atoms with Crippen molar-refractivity contribution in [3.8, 4) is 5.75 Å². The van der Waals surface area contributed by atoms with Gasteiger partial charge in [0.05, 0.1) is 29.0 Å². The third-order valence-electron chi connectivity index (χ3n) is 4.32. The molecule has 4 N–H and O–H groups in total. The molecular weight excluding hydrogens is 354 g/mol. The van der Waals surface area contributed by atoms with Crippen molar-refractivity contribution in [1.82, 2.24) is 10.2 Å². The van der Waals surface area contributed by atoms with Gasteiger partial charge in [-0.15, -0.1) is 0 Å². The molecule has 138 valence electrons. The largest absolute Gasteiger partial charge is 0.507 e. The van der Waals surface area contributed by atoms with Crippen molar-refractivity contribution in [2.75, 3.05) is 32.0 Å². The number of ether oxygens (including phenoxy) is 1. The monoisotopic (exact) mass is 375 g/mol. The summed E-state index contributed by atoms with van der Waals surface area (Å²) in [6, 6.07) is 12.9. The van der Waals surface area contributed by atoms with E-state index in [4.69, 9.17) is 22.1 Å². The Labute approximate surface area is 157 Å². The van der Waals surface area contributed by atoms with Gasteiger partial charge in [0.15, 0.2) is 0 Å². The van der Waals surface area contributed by atoms with Gasteiger partial charge in [0.2, 0.25) is 0 Å². The zero-order valence-electron chi connectivity index (χ0n) is 14.3. The molecule has 0 aliphatic carbocycles. The van der Waals surface area contributed by atoms with Gasteiger partial charge in [0.1, 0.15) is 5.75 Å². The molecule has 0 aromatic heterocycles. The number of halogens is 1. The van der Waals surface area contributed by atoms with Crippen LogP contribution in [0.1, 0.15) is 15.9 Å². The van der Waals surface area contributed by atoms with E-state index in [2.05, 4.69) is 22.3 Å². The lowest BCUT2D eigenvalue weighted by Gasteiger charge is -2.33. The van der Waals surface area contributed by atoms with Crippen LogP contribution in [0.5, 0.6) is 5.75 Å². The first kappa shape index (κ1) is 18.5. The number of phenolic OH excluding ortho intramolecular Hbond substituents is 1. The molecule has 1 unspecified atom stereocenters. The number of nitrogen functional groups attached to an aromatic ring is 1. The lowest BCUT2D eigenvalue weighted by molar-refractivity contribution is -0.0292. The molecule has 1 atom stereocenters. The highest BCUT2D eigenvalue weighted by atomic mass is 35.5. The van der Waals surface area contributed by atoms with E-state index >= 15 is 0 Å². The summed E-state index contributed by atoms with van der Waals surface area (Å²) < 4.78 is 5.74. The third-order valence-corrected chi connectivity index (χ3v) is 4.65. The van der Waals surface area contributed by atoms with Crippen LogP contribution < -0.4 is 11.1 Å². The topological polar surface area (TPSA) is 87.8 Å². The first-order valence-corrected chi connectivity index (χ1v) is 8.85. The van der Waals surface area contributed by atoms with Crippen molar-refractivity contribution in [3.05, 3.63) is 58.6 Å². The summed E-state index contributed by atoms with van der Waals surface area (Å²) in [6.07, 6.45) is -0.109. The summed E-state index contributed by atoms with van der Waals surface area (Å²) >= 11 is 5.93. The lowest BCUT2D eigenvalue weighted by atomic mass is 10.1. The van der Waals surface area contributed by atoms with Gasteiger partial charge in [-0.05, 0) is 11.6 Å². The number of morpholine rings is 1. The molecule has 1 aliphatic rings. The van der Waals surface area contributed by atoms with Crippen LogP contribution in [0, 0.1) is 0 Å². The number of nitrogens with one attached hydrogen (secondary N) is 1. The Morgan fingerprint density at radius 1 is 1.35 bits per heavy atom. The number of carbonyl (C=O) groups excluding carboxylic acids is 1. The molecule has 1 heterocycles. The second kappa shape index (κ2) is 8.40. The Balaban J connectivity index is 1.54. The van der Waals surface area contributed by atoms with Crippen molar-refractivity contribution in [2.24, 2.45) is 0 Å². The maximum Gasteiger partial charge on any atom is 0.255 e. The molecule has 1 amide bonds. The van der Waals surface area contributed by atoms with Crippen LogP contribution in [0.25, 0.3) is 0 Å². The number of rotatable bonds is 5. The fourth-order valence-corrected chi connectivity index (χ4v) is 3.11. The lowest BCUT2D eigenvalue weighted by Crippen LogP contribution is -2.47. The molecular formula is C19H22ClN3O3. The smallest absolute Gasteiger partial charge is 0.255 e. The van der Waals surface area contributed by atoms with Crippen molar-refractivity contribution in [3.63, 3.8) is 0 Å². The van der Waals surface area contributed by atoms with E-state index in [0.29, 0.717) is 13.2 Å². The van der Waals surface area contributed by atoms with E-state index in [1.165, 1.54) is 17.7 Å². The predicted molar refractivity (Wildman–Crippen MR) is 101 cm³/mol. The van der Waals surface area contributed by atoms with Gasteiger partial charge in [-0.2, -0.15) is 0 Å². The zero-order valence-corrected chi connectivity index (χ0v) is 15.1. The molecule has 1 fully saturated rings. The van der Waals surface area contributed by atoms with Gasteiger partial charge in [-0.25, -0.2) is 0 Å². The average Bonchev–Trinajstić information content (AvgIpc) is 2.64. The highest BCUT2D eigenvalue weighted by Gasteiger charge is 2.22. The molecule has 7 heteroatoms. The maximum atomic E-state index is 12.3. The molecule has 0 radical (unpaired) electrons. The normalized spacial score (nSPS) is 17.8. The second-order valence-corrected chi connectivity index (χ2v) is 6.72. The van der Waals surface area contributed by atoms with E-state index in [0.717, 1.165) is 19.6 Å². The summed E-state index contributed by atoms with van der Waals surface area (Å²) in [5.74, 6) is -0.604. The van der Waals surface area contributed by atoms with Crippen molar-refractivity contribution >= 4 is 23.2 Å². The Hall–Kier alpha value is -2.28. The fraction of sp³-hybridized carbons (Fsp3) is 0.316. The number of hydrogen-bond acceptors (Lipinski definition) is 5. The van der Waals surface area contributed by atoms with Gasteiger partial charge in [0.25, 0.3) is 5.91 Å². The van der Waals surface area contributed by atoms with Crippen molar-refractivity contribution in [2.45, 2.75) is 12.6 Å². The quantitative estimate of drug-likeness (QED) is 0.698. The van der Waals surface area contributed by atoms with Crippen LogP contribution in [-0.4, -0.2) is 48.3 Å². The number of benzene rings is 2. The molecule has 0 saturated carbocycles. The first-order valence-electron chi connectivity index (χ1n) is 8.47. The number of carbonyl (C=O) groups is 1. The van der Waals surface area contributed by atoms with Crippen LogP contribution in [0.4, 0.5) is 5.69 Å². The number of phenols is 1. The van der Waals surface area contributed by atoms with Crippen LogP contribution in [0.3, 0.4) is 0 Å². The Kier molecular flexibility index (Phi) is 5.98. The highest BCUT2D eigenvalue weighted by Crippen LogP contribution is 2.27. The average molecular weight is 376 g/mol. The summed E-state index contributed by atoms with van der Waals surface area (Å²) in [5, 5.41) is 12.9. The standard InChI is InChI=1S/C19H22ClN3O3/c20-16-8-15(18(24)9-17(16)21)19(25)22-10-14-12-23(6-7-26-14)11-13-4-2-1-3-5-13/h1-5,8-9,14,24H,6-7,10-12,21H2,(H,22,25). The minimum atomic E-state index is -0.409. The Bertz CT molecular complexity index is 770. The summed E-state index contributed by atoms with van der Waals surface area (Å²) in [4.78, 5) is 14.6. The summed E-state index contributed by atoms with van der Waals surface area (Å²) in [7, 11) is 0. The van der Waals surface area contributed by atoms with E-state index in [9.17, 15) is 9.90 Å². The molecule has 3 rings (SSSR count). The van der Waals surface area contributed by atoms with E-state index in [1.54, 1.807) is 0 Å². The van der Waals surface area contributed by atoms with E-state index in [-0.39, 0.29) is 28.1 Å². The van der Waals surface area contributed by atoms with E-state index in [1.807, 2.05) is 18.2 Å². The Morgan fingerprint density at radius 2 is 2.12 bits per heavy atom. The molecule has 26 heavy (non-hydrogen) atoms. The number of anilines is 1. The number of amides is 1. The number of nitrogens with zero attached hydrogens (tertiary/aromatic N) is 1. The van der Waals surface area contributed by atoms with Gasteiger partial charge >= 0.3 is 0 Å². The molecule has 2 aromatic rings. The molecule has 1 saturated heterocycles. The van der Waals surface area contributed by atoms with Crippen molar-refractivity contribution in [1.29, 1.82) is 0 Å². The van der Waals surface area contributed by atoms with Gasteiger partial charge in [0, 0.05) is 32.2 Å². The summed E-state index contributed by atoms with van der Waals surface area (Å²) in [6.45, 7) is 3.40. The Morgan fingerprint density at radius 3 is 2.88 bits per heavy atom. The minimum absolute atomic E-state index is 0.0983. The molecule has 2 aromatic carbocycles. The van der Waals surface area contributed by atoms with Crippen LogP contribution in [-0.2, 0) is 11.3 Å². The maximum absolute atomic E-state index is 12.3. The number of hydrogen-bond donors (Lipinski definition) is 3.